The van der Waals surface area contributed by atoms with E-state index in [0.29, 0.717) is 5.54 Å². The summed E-state index contributed by atoms with van der Waals surface area (Å²) in [5, 5.41) is 3.71. The summed E-state index contributed by atoms with van der Waals surface area (Å²) in [6, 6.07) is 6.42. The highest BCUT2D eigenvalue weighted by Gasteiger charge is 2.22. The molecule has 0 radical (unpaired) electrons. The van der Waals surface area contributed by atoms with E-state index in [1.54, 1.807) is 0 Å². The average Bonchev–Trinajstić information content (AvgIpc) is 2.36. The second kappa shape index (κ2) is 6.91. The van der Waals surface area contributed by atoms with Crippen LogP contribution in [0.5, 0.6) is 0 Å². The molecule has 0 saturated carbocycles. The van der Waals surface area contributed by atoms with Crippen molar-refractivity contribution < 1.29 is 0 Å². The van der Waals surface area contributed by atoms with Crippen LogP contribution in [0.25, 0.3) is 0 Å². The second-order valence-electron chi connectivity index (χ2n) is 4.44. The van der Waals surface area contributed by atoms with Crippen molar-refractivity contribution in [3.05, 3.63) is 32.7 Å². The van der Waals surface area contributed by atoms with Gasteiger partial charge in [0.25, 0.3) is 0 Å². The van der Waals surface area contributed by atoms with Crippen LogP contribution in [-0.4, -0.2) is 5.54 Å². The van der Waals surface area contributed by atoms with Gasteiger partial charge in [-0.05, 0) is 68.8 Å². The maximum absolute atomic E-state index is 3.71. The van der Waals surface area contributed by atoms with Crippen LogP contribution in [0.4, 0.5) is 0 Å². The van der Waals surface area contributed by atoms with Crippen LogP contribution in [0.15, 0.2) is 27.1 Å². The monoisotopic (exact) mass is 361 g/mol. The molecular formula is C14H21Br2N. The Bertz CT molecular complexity index is 351. The molecule has 0 heterocycles. The maximum atomic E-state index is 3.71. The van der Waals surface area contributed by atoms with E-state index in [4.69, 9.17) is 0 Å². The van der Waals surface area contributed by atoms with Crippen LogP contribution < -0.4 is 5.32 Å². The van der Waals surface area contributed by atoms with Gasteiger partial charge in [0.05, 0.1) is 0 Å². The molecule has 0 fully saturated rings. The van der Waals surface area contributed by atoms with Crippen molar-refractivity contribution in [2.75, 3.05) is 0 Å². The molecule has 0 saturated heterocycles. The fourth-order valence-corrected chi connectivity index (χ4v) is 2.74. The second-order valence-corrected chi connectivity index (χ2v) is 6.15. The van der Waals surface area contributed by atoms with Gasteiger partial charge in [0, 0.05) is 21.0 Å². The van der Waals surface area contributed by atoms with Crippen molar-refractivity contribution in [2.45, 2.75) is 52.1 Å². The molecule has 96 valence electrons. The SMILES string of the molecule is CCC(CC)(CC)NCc1ccc(Br)c(Br)c1. The highest BCUT2D eigenvalue weighted by molar-refractivity contribution is 9.13. The largest absolute Gasteiger partial charge is 0.307 e. The molecule has 1 rings (SSSR count). The molecule has 3 heteroatoms. The smallest absolute Gasteiger partial charge is 0.0320 e. The molecule has 0 bridgehead atoms. The lowest BCUT2D eigenvalue weighted by atomic mass is 9.89. The van der Waals surface area contributed by atoms with Gasteiger partial charge in [-0.2, -0.15) is 0 Å². The number of hydrogen-bond donors (Lipinski definition) is 1. The molecule has 0 unspecified atom stereocenters. The highest BCUT2D eigenvalue weighted by atomic mass is 79.9. The van der Waals surface area contributed by atoms with Crippen molar-refractivity contribution in [1.29, 1.82) is 0 Å². The fourth-order valence-electron chi connectivity index (χ4n) is 2.06. The van der Waals surface area contributed by atoms with Crippen molar-refractivity contribution in [3.8, 4) is 0 Å². The molecular weight excluding hydrogens is 342 g/mol. The van der Waals surface area contributed by atoms with Crippen LogP contribution in [-0.2, 0) is 6.54 Å². The predicted molar refractivity (Wildman–Crippen MR) is 82.3 cm³/mol. The van der Waals surface area contributed by atoms with Gasteiger partial charge in [0.1, 0.15) is 0 Å². The summed E-state index contributed by atoms with van der Waals surface area (Å²) in [5.74, 6) is 0. The summed E-state index contributed by atoms with van der Waals surface area (Å²) < 4.78 is 2.22. The van der Waals surface area contributed by atoms with E-state index in [-0.39, 0.29) is 0 Å². The molecule has 0 aliphatic carbocycles. The number of benzene rings is 1. The molecule has 1 nitrogen and oxygen atoms in total. The summed E-state index contributed by atoms with van der Waals surface area (Å²) >= 11 is 7.04. The van der Waals surface area contributed by atoms with Crippen molar-refractivity contribution in [2.24, 2.45) is 0 Å². The minimum Gasteiger partial charge on any atom is -0.307 e. The summed E-state index contributed by atoms with van der Waals surface area (Å²) in [5.41, 5.74) is 1.61. The zero-order valence-corrected chi connectivity index (χ0v) is 14.0. The van der Waals surface area contributed by atoms with E-state index in [0.717, 1.165) is 15.5 Å². The average molecular weight is 363 g/mol. The lowest BCUT2D eigenvalue weighted by molar-refractivity contribution is 0.288. The minimum absolute atomic E-state index is 0.291. The topological polar surface area (TPSA) is 12.0 Å². The Morgan fingerprint density at radius 3 is 2.06 bits per heavy atom. The first kappa shape index (κ1) is 15.2. The molecule has 0 aliphatic rings. The Labute approximate surface area is 122 Å². The van der Waals surface area contributed by atoms with Gasteiger partial charge in [-0.3, -0.25) is 0 Å². The van der Waals surface area contributed by atoms with E-state index in [1.165, 1.54) is 24.8 Å². The van der Waals surface area contributed by atoms with Crippen LogP contribution in [0.1, 0.15) is 45.6 Å². The van der Waals surface area contributed by atoms with Gasteiger partial charge >= 0.3 is 0 Å². The molecule has 1 aromatic carbocycles. The first-order chi connectivity index (χ1) is 8.06. The highest BCUT2D eigenvalue weighted by Crippen LogP contribution is 2.25. The van der Waals surface area contributed by atoms with Gasteiger partial charge in [0.2, 0.25) is 0 Å². The van der Waals surface area contributed by atoms with E-state index in [1.807, 2.05) is 0 Å². The third kappa shape index (κ3) is 4.08. The van der Waals surface area contributed by atoms with Gasteiger partial charge in [-0.1, -0.05) is 26.8 Å². The number of nitrogens with one attached hydrogen (secondary N) is 1. The summed E-state index contributed by atoms with van der Waals surface area (Å²) in [6.07, 6.45) is 3.53. The van der Waals surface area contributed by atoms with E-state index >= 15 is 0 Å². The van der Waals surface area contributed by atoms with Crippen LogP contribution in [0.3, 0.4) is 0 Å². The van der Waals surface area contributed by atoms with E-state index < -0.39 is 0 Å². The van der Waals surface area contributed by atoms with Crippen LogP contribution in [0, 0.1) is 0 Å². The molecule has 0 spiro atoms. The van der Waals surface area contributed by atoms with Gasteiger partial charge < -0.3 is 5.32 Å². The lowest BCUT2D eigenvalue weighted by Crippen LogP contribution is -2.43. The molecule has 1 aromatic rings. The Kier molecular flexibility index (Phi) is 6.18. The van der Waals surface area contributed by atoms with Crippen molar-refractivity contribution in [1.82, 2.24) is 5.32 Å². The zero-order valence-electron chi connectivity index (χ0n) is 10.8. The van der Waals surface area contributed by atoms with Crippen molar-refractivity contribution >= 4 is 31.9 Å². The van der Waals surface area contributed by atoms with E-state index in [9.17, 15) is 0 Å². The van der Waals surface area contributed by atoms with E-state index in [2.05, 4.69) is 76.1 Å². The third-order valence-electron chi connectivity index (χ3n) is 3.68. The maximum Gasteiger partial charge on any atom is 0.0320 e. The number of hydrogen-bond acceptors (Lipinski definition) is 1. The summed E-state index contributed by atoms with van der Waals surface area (Å²) in [4.78, 5) is 0. The van der Waals surface area contributed by atoms with Gasteiger partial charge in [-0.15, -0.1) is 0 Å². The molecule has 0 aromatic heterocycles. The molecule has 0 amide bonds. The van der Waals surface area contributed by atoms with Gasteiger partial charge in [0.15, 0.2) is 0 Å². The van der Waals surface area contributed by atoms with Crippen molar-refractivity contribution in [3.63, 3.8) is 0 Å². The first-order valence-corrected chi connectivity index (χ1v) is 7.84. The fraction of sp³-hybridized carbons (Fsp3) is 0.571. The number of rotatable bonds is 6. The van der Waals surface area contributed by atoms with Gasteiger partial charge in [-0.25, -0.2) is 0 Å². The van der Waals surface area contributed by atoms with Crippen LogP contribution >= 0.6 is 31.9 Å². The van der Waals surface area contributed by atoms with Crippen LogP contribution in [0.2, 0.25) is 0 Å². The molecule has 0 aliphatic heterocycles. The third-order valence-corrected chi connectivity index (χ3v) is 5.56. The Morgan fingerprint density at radius 1 is 1.00 bits per heavy atom. The predicted octanol–water partition coefficient (Wildman–Crippen LogP) is 5.27. The zero-order chi connectivity index (χ0) is 12.9. The minimum atomic E-state index is 0.291. The Balaban J connectivity index is 2.68. The quantitative estimate of drug-likeness (QED) is 0.726. The standard InChI is InChI=1S/C14H21Br2N/c1-4-14(5-2,6-3)17-10-11-7-8-12(15)13(16)9-11/h7-9,17H,4-6,10H2,1-3H3. The lowest BCUT2D eigenvalue weighted by Gasteiger charge is -2.32. The Hall–Kier alpha value is 0.140. The normalized spacial score (nSPS) is 11.8. The molecule has 1 N–H and O–H groups in total. The number of halogens is 2. The summed E-state index contributed by atoms with van der Waals surface area (Å²) in [6.45, 7) is 7.72. The summed E-state index contributed by atoms with van der Waals surface area (Å²) in [7, 11) is 0. The molecule has 17 heavy (non-hydrogen) atoms. The Morgan fingerprint density at radius 2 is 1.59 bits per heavy atom. The molecule has 0 atom stereocenters. The first-order valence-electron chi connectivity index (χ1n) is 6.26.